The summed E-state index contributed by atoms with van der Waals surface area (Å²) in [5.74, 6) is 7.16. The minimum absolute atomic E-state index is 0.0909. The molecule has 1 aliphatic rings. The molecular formula is C22H29NO. The Morgan fingerprint density at radius 2 is 2.12 bits per heavy atom. The molecule has 1 N–H and O–H groups in total. The maximum absolute atomic E-state index is 12.6. The van der Waals surface area contributed by atoms with Crippen molar-refractivity contribution in [2.75, 3.05) is 5.32 Å². The van der Waals surface area contributed by atoms with Crippen LogP contribution < -0.4 is 5.32 Å². The molecule has 24 heavy (non-hydrogen) atoms. The number of benzene rings is 1. The first-order valence-corrected chi connectivity index (χ1v) is 9.17. The zero-order valence-electron chi connectivity index (χ0n) is 15.2. The minimum atomic E-state index is -0.0909. The van der Waals surface area contributed by atoms with E-state index in [0.29, 0.717) is 5.57 Å². The standard InChI is InChI=1S/C22H29NO/c1-4-5-10-20(11-8-6-7-9-19-14-15-19)22(24)23-21-16-17(2)12-13-18(21)3/h10,12-13,16,19H,4-7,9,14-15H2,1-3H3,(H,23,24)/b20-10+. The quantitative estimate of drug-likeness (QED) is 0.398. The van der Waals surface area contributed by atoms with Gasteiger partial charge in [-0.1, -0.05) is 56.2 Å². The van der Waals surface area contributed by atoms with Gasteiger partial charge >= 0.3 is 0 Å². The largest absolute Gasteiger partial charge is 0.321 e. The molecule has 1 fully saturated rings. The summed E-state index contributed by atoms with van der Waals surface area (Å²) in [4.78, 5) is 12.6. The molecule has 1 aromatic rings. The van der Waals surface area contributed by atoms with Crippen molar-refractivity contribution in [2.45, 2.75) is 65.7 Å². The summed E-state index contributed by atoms with van der Waals surface area (Å²) in [5.41, 5.74) is 3.68. The summed E-state index contributed by atoms with van der Waals surface area (Å²) in [6.45, 7) is 6.15. The molecule has 0 aliphatic heterocycles. The van der Waals surface area contributed by atoms with Gasteiger partial charge in [0.15, 0.2) is 0 Å². The topological polar surface area (TPSA) is 29.1 Å². The number of rotatable bonds is 7. The summed E-state index contributed by atoms with van der Waals surface area (Å²) in [7, 11) is 0. The maximum atomic E-state index is 12.6. The van der Waals surface area contributed by atoms with Gasteiger partial charge in [-0.15, -0.1) is 0 Å². The second kappa shape index (κ2) is 9.33. The fraction of sp³-hybridized carbons (Fsp3) is 0.500. The normalized spacial score (nSPS) is 14.0. The van der Waals surface area contributed by atoms with Crippen molar-refractivity contribution < 1.29 is 4.79 Å². The molecule has 0 aromatic heterocycles. The molecule has 0 heterocycles. The van der Waals surface area contributed by atoms with Crippen molar-refractivity contribution in [3.8, 4) is 11.8 Å². The van der Waals surface area contributed by atoms with Crippen LogP contribution in [0.3, 0.4) is 0 Å². The van der Waals surface area contributed by atoms with Crippen LogP contribution in [0.1, 0.15) is 63.0 Å². The van der Waals surface area contributed by atoms with Gasteiger partial charge < -0.3 is 5.32 Å². The Kier molecular flexibility index (Phi) is 7.12. The molecular weight excluding hydrogens is 294 g/mol. The third-order valence-corrected chi connectivity index (χ3v) is 4.36. The van der Waals surface area contributed by atoms with Crippen LogP contribution in [-0.4, -0.2) is 5.91 Å². The molecule has 0 unspecified atom stereocenters. The van der Waals surface area contributed by atoms with Crippen LogP contribution in [0.5, 0.6) is 0 Å². The number of carbonyl (C=O) groups excluding carboxylic acids is 1. The molecule has 2 heteroatoms. The highest BCUT2D eigenvalue weighted by Crippen LogP contribution is 2.33. The summed E-state index contributed by atoms with van der Waals surface area (Å²) in [6, 6.07) is 6.09. The fourth-order valence-electron chi connectivity index (χ4n) is 2.59. The van der Waals surface area contributed by atoms with Gasteiger partial charge in [-0.25, -0.2) is 0 Å². The van der Waals surface area contributed by atoms with E-state index >= 15 is 0 Å². The highest BCUT2D eigenvalue weighted by Gasteiger charge is 2.19. The molecule has 0 radical (unpaired) electrons. The smallest absolute Gasteiger partial charge is 0.263 e. The van der Waals surface area contributed by atoms with Gasteiger partial charge in [0.25, 0.3) is 5.91 Å². The molecule has 0 spiro atoms. The van der Waals surface area contributed by atoms with E-state index in [4.69, 9.17) is 0 Å². The number of allylic oxidation sites excluding steroid dienone is 1. The third-order valence-electron chi connectivity index (χ3n) is 4.36. The number of hydrogen-bond donors (Lipinski definition) is 1. The van der Waals surface area contributed by atoms with E-state index in [2.05, 4.69) is 30.1 Å². The molecule has 2 nitrogen and oxygen atoms in total. The number of amides is 1. The second-order valence-electron chi connectivity index (χ2n) is 6.82. The van der Waals surface area contributed by atoms with E-state index in [1.807, 2.05) is 32.1 Å². The first-order chi connectivity index (χ1) is 11.6. The first-order valence-electron chi connectivity index (χ1n) is 9.17. The van der Waals surface area contributed by atoms with E-state index in [0.717, 1.165) is 48.4 Å². The van der Waals surface area contributed by atoms with E-state index in [-0.39, 0.29) is 5.91 Å². The SMILES string of the molecule is CCC/C=C(\C#CCCCC1CC1)C(=O)Nc1cc(C)ccc1C. The lowest BCUT2D eigenvalue weighted by atomic mass is 10.1. The van der Waals surface area contributed by atoms with Gasteiger partial charge in [-0.2, -0.15) is 0 Å². The predicted molar refractivity (Wildman–Crippen MR) is 102 cm³/mol. The molecule has 1 aromatic carbocycles. The Balaban J connectivity index is 1.98. The Labute approximate surface area is 146 Å². The monoisotopic (exact) mass is 323 g/mol. The van der Waals surface area contributed by atoms with Crippen molar-refractivity contribution in [2.24, 2.45) is 5.92 Å². The molecule has 1 saturated carbocycles. The molecule has 128 valence electrons. The van der Waals surface area contributed by atoms with Crippen molar-refractivity contribution in [3.63, 3.8) is 0 Å². The van der Waals surface area contributed by atoms with Crippen LogP contribution >= 0.6 is 0 Å². The lowest BCUT2D eigenvalue weighted by Gasteiger charge is -2.09. The lowest BCUT2D eigenvalue weighted by molar-refractivity contribution is -0.112. The molecule has 0 atom stereocenters. The van der Waals surface area contributed by atoms with Gasteiger partial charge in [0.05, 0.1) is 5.57 Å². The molecule has 0 saturated heterocycles. The number of unbranched alkanes of at least 4 members (excludes halogenated alkanes) is 2. The van der Waals surface area contributed by atoms with Crippen LogP contribution in [-0.2, 0) is 4.79 Å². The Morgan fingerprint density at radius 3 is 2.83 bits per heavy atom. The second-order valence-corrected chi connectivity index (χ2v) is 6.82. The van der Waals surface area contributed by atoms with Crippen LogP contribution in [0.4, 0.5) is 5.69 Å². The van der Waals surface area contributed by atoms with E-state index in [9.17, 15) is 4.79 Å². The van der Waals surface area contributed by atoms with Crippen LogP contribution in [0.2, 0.25) is 0 Å². The lowest BCUT2D eigenvalue weighted by Crippen LogP contribution is -2.14. The number of carbonyl (C=O) groups is 1. The molecule has 1 aliphatic carbocycles. The number of nitrogens with one attached hydrogen (secondary N) is 1. The number of hydrogen-bond acceptors (Lipinski definition) is 1. The van der Waals surface area contributed by atoms with Crippen molar-refractivity contribution in [1.82, 2.24) is 0 Å². The van der Waals surface area contributed by atoms with Crippen molar-refractivity contribution in [3.05, 3.63) is 41.0 Å². The summed E-state index contributed by atoms with van der Waals surface area (Å²) in [6.07, 6.45) is 9.98. The zero-order valence-corrected chi connectivity index (χ0v) is 15.2. The van der Waals surface area contributed by atoms with Gasteiger partial charge in [0, 0.05) is 12.1 Å². The first kappa shape index (κ1) is 18.3. The maximum Gasteiger partial charge on any atom is 0.263 e. The highest BCUT2D eigenvalue weighted by molar-refractivity contribution is 6.07. The minimum Gasteiger partial charge on any atom is -0.321 e. The van der Waals surface area contributed by atoms with Crippen molar-refractivity contribution >= 4 is 11.6 Å². The zero-order chi connectivity index (χ0) is 17.4. The van der Waals surface area contributed by atoms with E-state index in [1.165, 1.54) is 19.3 Å². The fourth-order valence-corrected chi connectivity index (χ4v) is 2.59. The van der Waals surface area contributed by atoms with Crippen LogP contribution in [0, 0.1) is 31.6 Å². The van der Waals surface area contributed by atoms with Crippen molar-refractivity contribution in [1.29, 1.82) is 0 Å². The number of anilines is 1. The van der Waals surface area contributed by atoms with E-state index < -0.39 is 0 Å². The summed E-state index contributed by atoms with van der Waals surface area (Å²) < 4.78 is 0. The Bertz CT molecular complexity index is 656. The third kappa shape index (κ3) is 6.24. The number of aryl methyl sites for hydroxylation is 2. The summed E-state index contributed by atoms with van der Waals surface area (Å²) in [5, 5.41) is 3.02. The Hall–Kier alpha value is -2.01. The average Bonchev–Trinajstić information content (AvgIpc) is 3.37. The average molecular weight is 323 g/mol. The summed E-state index contributed by atoms with van der Waals surface area (Å²) >= 11 is 0. The van der Waals surface area contributed by atoms with Crippen LogP contribution in [0.15, 0.2) is 29.8 Å². The van der Waals surface area contributed by atoms with Crippen LogP contribution in [0.25, 0.3) is 0 Å². The van der Waals surface area contributed by atoms with E-state index in [1.54, 1.807) is 0 Å². The predicted octanol–water partition coefficient (Wildman–Crippen LogP) is 5.55. The van der Waals surface area contributed by atoms with Gasteiger partial charge in [0.1, 0.15) is 0 Å². The van der Waals surface area contributed by atoms with Gasteiger partial charge in [0.2, 0.25) is 0 Å². The Morgan fingerprint density at radius 1 is 1.33 bits per heavy atom. The highest BCUT2D eigenvalue weighted by atomic mass is 16.1. The molecule has 2 rings (SSSR count). The van der Waals surface area contributed by atoms with Gasteiger partial charge in [-0.05, 0) is 56.2 Å². The van der Waals surface area contributed by atoms with Gasteiger partial charge in [-0.3, -0.25) is 4.79 Å². The molecule has 1 amide bonds. The molecule has 0 bridgehead atoms.